The van der Waals surface area contributed by atoms with Crippen LogP contribution in [0, 0.1) is 53.3 Å². The van der Waals surface area contributed by atoms with Gasteiger partial charge in [-0.2, -0.15) is 0 Å². The van der Waals surface area contributed by atoms with E-state index in [-0.39, 0.29) is 35.7 Å². The topological polar surface area (TPSA) is 131 Å². The Morgan fingerprint density at radius 1 is 0.464 bits per heavy atom. The molecule has 0 radical (unpaired) electrons. The van der Waals surface area contributed by atoms with Crippen molar-refractivity contribution in [3.8, 4) is 0 Å². The Hall–Kier alpha value is -1.76. The Morgan fingerprint density at radius 2 is 0.804 bits per heavy atom. The molecule has 9 fully saturated rings. The molecular weight excluding hydrogens is 725 g/mol. The predicted molar refractivity (Wildman–Crippen MR) is 221 cm³/mol. The van der Waals surface area contributed by atoms with Crippen molar-refractivity contribution in [1.82, 2.24) is 30.7 Å². The van der Waals surface area contributed by atoms with Crippen LogP contribution in [0.15, 0.2) is 0 Å². The van der Waals surface area contributed by atoms with Gasteiger partial charge >= 0.3 is 0 Å². The summed E-state index contributed by atoms with van der Waals surface area (Å²) in [5, 5.41) is 9.58. The van der Waals surface area contributed by atoms with E-state index >= 15 is 0 Å². The molecule has 56 heavy (non-hydrogen) atoms. The molecule has 9 aliphatic rings. The first-order valence-electron chi connectivity index (χ1n) is 23.1. The first-order chi connectivity index (χ1) is 27.0. The summed E-state index contributed by atoms with van der Waals surface area (Å²) < 4.78 is 23.5. The fourth-order valence-corrected chi connectivity index (χ4v) is 13.4. The van der Waals surface area contributed by atoms with E-state index in [4.69, 9.17) is 0 Å². The van der Waals surface area contributed by atoms with E-state index in [0.29, 0.717) is 35.9 Å². The number of amides is 3. The molecule has 4 saturated heterocycles. The van der Waals surface area contributed by atoms with Crippen molar-refractivity contribution >= 4 is 27.6 Å². The third-order valence-electron chi connectivity index (χ3n) is 15.5. The lowest BCUT2D eigenvalue weighted by molar-refractivity contribution is -0.134. The van der Waals surface area contributed by atoms with Gasteiger partial charge in [0.05, 0.1) is 29.6 Å². The Kier molecular flexibility index (Phi) is 14.4. The number of likely N-dealkylation sites (N-methyl/N-ethyl adjacent to an activating group) is 3. The van der Waals surface area contributed by atoms with E-state index in [1.54, 1.807) is 0 Å². The molecule has 0 bridgehead atoms. The molecule has 0 aromatic heterocycles. The highest BCUT2D eigenvalue weighted by molar-refractivity contribution is 7.91. The fourth-order valence-electron chi connectivity index (χ4n) is 11.6. The second kappa shape index (κ2) is 19.1. The molecule has 3 N–H and O–H groups in total. The zero-order valence-electron chi connectivity index (χ0n) is 35.1. The zero-order valence-corrected chi connectivity index (χ0v) is 35.9. The predicted octanol–water partition coefficient (Wildman–Crippen LogP) is 4.31. The molecule has 0 aromatic rings. The first kappa shape index (κ1) is 42.4. The summed E-state index contributed by atoms with van der Waals surface area (Å²) in [6, 6.07) is 0.102. The summed E-state index contributed by atoms with van der Waals surface area (Å²) in [7, 11) is 2.83. The number of hydrogen-bond donors (Lipinski definition) is 3. The lowest BCUT2D eigenvalue weighted by Gasteiger charge is -2.31. The maximum Gasteiger partial charge on any atom is 0.239 e. The molecule has 5 aliphatic carbocycles. The SMILES string of the molecule is CNC1CC2CC2CN(CC2CCCCC2)C1=O.CNC1CC2CC2CN(CC2CCCCC2)C1=O.CNC1CC2CC2CN(CC2CCCS(=O)(=O)C2)C1=O. The van der Waals surface area contributed by atoms with Crippen molar-refractivity contribution in [2.24, 2.45) is 53.3 Å². The van der Waals surface area contributed by atoms with E-state index in [2.05, 4.69) is 25.8 Å². The number of carbonyl (C=O) groups is 3. The molecule has 10 atom stereocenters. The molecule has 0 aromatic carbocycles. The van der Waals surface area contributed by atoms with Gasteiger partial charge in [-0.3, -0.25) is 14.4 Å². The maximum atomic E-state index is 12.5. The van der Waals surface area contributed by atoms with Crippen molar-refractivity contribution in [3.05, 3.63) is 0 Å². The minimum absolute atomic E-state index is 0.0762. The van der Waals surface area contributed by atoms with Gasteiger partial charge in [0.15, 0.2) is 9.84 Å². The van der Waals surface area contributed by atoms with Gasteiger partial charge in [-0.05, 0) is 151 Å². The average molecular weight is 801 g/mol. The molecule has 4 heterocycles. The molecular formula is C44H76N6O5S. The van der Waals surface area contributed by atoms with Gasteiger partial charge in [0, 0.05) is 39.3 Å². The summed E-state index contributed by atoms with van der Waals surface area (Å²) in [6.45, 7) is 5.59. The summed E-state index contributed by atoms with van der Waals surface area (Å²) in [6.07, 6.45) is 22.3. The Bertz CT molecular complexity index is 1390. The fraction of sp³-hybridized carbons (Fsp3) is 0.932. The van der Waals surface area contributed by atoms with Crippen LogP contribution >= 0.6 is 0 Å². The highest BCUT2D eigenvalue weighted by Gasteiger charge is 2.48. The van der Waals surface area contributed by atoms with Crippen LogP contribution in [0.5, 0.6) is 0 Å². The number of carbonyl (C=O) groups excluding carboxylic acids is 3. The van der Waals surface area contributed by atoms with Crippen molar-refractivity contribution in [3.63, 3.8) is 0 Å². The normalized spacial score (nSPS) is 38.3. The molecule has 9 rings (SSSR count). The molecule has 318 valence electrons. The van der Waals surface area contributed by atoms with Crippen LogP contribution in [-0.2, 0) is 24.2 Å². The number of likely N-dealkylation sites (tertiary alicyclic amines) is 3. The third kappa shape index (κ3) is 11.3. The van der Waals surface area contributed by atoms with Gasteiger partial charge in [-0.25, -0.2) is 8.42 Å². The largest absolute Gasteiger partial charge is 0.341 e. The summed E-state index contributed by atoms with van der Waals surface area (Å²) >= 11 is 0. The maximum absolute atomic E-state index is 12.5. The average Bonchev–Trinajstić information content (AvgIpc) is 4.11. The Morgan fingerprint density at radius 3 is 1.14 bits per heavy atom. The smallest absolute Gasteiger partial charge is 0.239 e. The van der Waals surface area contributed by atoms with Gasteiger partial charge in [0.2, 0.25) is 17.7 Å². The van der Waals surface area contributed by atoms with Crippen molar-refractivity contribution in [2.45, 2.75) is 134 Å². The van der Waals surface area contributed by atoms with Crippen LogP contribution in [0.3, 0.4) is 0 Å². The summed E-state index contributed by atoms with van der Waals surface area (Å²) in [4.78, 5) is 43.8. The van der Waals surface area contributed by atoms with Gasteiger partial charge in [0.1, 0.15) is 0 Å². The molecule has 0 spiro atoms. The van der Waals surface area contributed by atoms with Crippen LogP contribution in [0.25, 0.3) is 0 Å². The molecule has 5 saturated carbocycles. The zero-order chi connectivity index (χ0) is 39.4. The van der Waals surface area contributed by atoms with E-state index in [1.807, 2.05) is 26.0 Å². The van der Waals surface area contributed by atoms with Crippen LogP contribution in [0.2, 0.25) is 0 Å². The van der Waals surface area contributed by atoms with Gasteiger partial charge < -0.3 is 30.7 Å². The van der Waals surface area contributed by atoms with E-state index < -0.39 is 9.84 Å². The van der Waals surface area contributed by atoms with Crippen molar-refractivity contribution in [2.75, 3.05) is 71.9 Å². The van der Waals surface area contributed by atoms with Crippen LogP contribution in [0.1, 0.15) is 116 Å². The van der Waals surface area contributed by atoms with Crippen LogP contribution in [-0.4, -0.2) is 131 Å². The molecule has 3 amide bonds. The second-order valence-corrected chi connectivity index (χ2v) is 22.1. The highest BCUT2D eigenvalue weighted by Crippen LogP contribution is 2.47. The van der Waals surface area contributed by atoms with Gasteiger partial charge in [-0.1, -0.05) is 38.5 Å². The lowest BCUT2D eigenvalue weighted by Crippen LogP contribution is -2.47. The quantitative estimate of drug-likeness (QED) is 0.315. The number of fused-ring (bicyclic) bond motifs is 3. The van der Waals surface area contributed by atoms with E-state index in [0.717, 1.165) is 100 Å². The van der Waals surface area contributed by atoms with Crippen LogP contribution < -0.4 is 16.0 Å². The lowest BCUT2D eigenvalue weighted by atomic mass is 9.89. The highest BCUT2D eigenvalue weighted by atomic mass is 32.2. The van der Waals surface area contributed by atoms with Gasteiger partial charge in [-0.15, -0.1) is 0 Å². The first-order valence-corrected chi connectivity index (χ1v) is 24.9. The second-order valence-electron chi connectivity index (χ2n) is 19.9. The van der Waals surface area contributed by atoms with Crippen molar-refractivity contribution < 1.29 is 22.8 Å². The van der Waals surface area contributed by atoms with E-state index in [1.165, 1.54) is 83.5 Å². The van der Waals surface area contributed by atoms with Crippen molar-refractivity contribution in [1.29, 1.82) is 0 Å². The van der Waals surface area contributed by atoms with E-state index in [9.17, 15) is 22.8 Å². The third-order valence-corrected chi connectivity index (χ3v) is 17.4. The molecule has 11 nitrogen and oxygen atoms in total. The molecule has 10 unspecified atom stereocenters. The number of hydrogen-bond acceptors (Lipinski definition) is 8. The molecule has 4 aliphatic heterocycles. The summed E-state index contributed by atoms with van der Waals surface area (Å²) in [5.74, 6) is 7.78. The Balaban J connectivity index is 0.000000129. The molecule has 12 heteroatoms. The Labute approximate surface area is 338 Å². The number of rotatable bonds is 9. The standard InChI is InChI=1S/2C15H26N2O.C14H24N2O3S/c2*1-16-14-8-12-7-13(12)10-17(15(14)18)9-11-5-3-2-4-6-11;1-15-13-6-11-5-12(11)8-16(14(13)17)7-10-3-2-4-20(18,19)9-10/h2*11-14,16H,2-10H2,1H3;10-13,15H,2-9H2,1H3. The van der Waals surface area contributed by atoms with Gasteiger partial charge in [0.25, 0.3) is 0 Å². The summed E-state index contributed by atoms with van der Waals surface area (Å²) in [5.41, 5.74) is 0. The number of nitrogens with zero attached hydrogens (tertiary/aromatic N) is 3. The van der Waals surface area contributed by atoms with Crippen LogP contribution in [0.4, 0.5) is 0 Å². The monoisotopic (exact) mass is 801 g/mol. The number of sulfone groups is 1. The minimum atomic E-state index is -2.89. The minimum Gasteiger partial charge on any atom is -0.341 e. The number of nitrogens with one attached hydrogen (secondary N) is 3.